The van der Waals surface area contributed by atoms with E-state index in [1.807, 2.05) is 24.3 Å². The molecule has 0 atom stereocenters. The van der Waals surface area contributed by atoms with Crippen LogP contribution in [-0.2, 0) is 0 Å². The number of amides is 1. The quantitative estimate of drug-likeness (QED) is 0.889. The van der Waals surface area contributed by atoms with Gasteiger partial charge in [-0.2, -0.15) is 0 Å². The predicted molar refractivity (Wildman–Crippen MR) is 97.8 cm³/mol. The highest BCUT2D eigenvalue weighted by molar-refractivity contribution is 6.04. The van der Waals surface area contributed by atoms with Gasteiger partial charge in [-0.05, 0) is 56.3 Å². The van der Waals surface area contributed by atoms with Gasteiger partial charge in [-0.25, -0.2) is 0 Å². The number of halogens is 1. The van der Waals surface area contributed by atoms with Crippen molar-refractivity contribution in [2.75, 3.05) is 30.1 Å². The van der Waals surface area contributed by atoms with Crippen LogP contribution in [0.25, 0.3) is 0 Å². The molecule has 0 aliphatic carbocycles. The molecule has 1 aliphatic rings. The van der Waals surface area contributed by atoms with E-state index in [1.54, 1.807) is 18.2 Å². The molecule has 5 nitrogen and oxygen atoms in total. The molecule has 1 heterocycles. The summed E-state index contributed by atoms with van der Waals surface area (Å²) in [5, 5.41) is 2.90. The van der Waals surface area contributed by atoms with Crippen molar-refractivity contribution in [1.29, 1.82) is 0 Å². The van der Waals surface area contributed by atoms with Crippen LogP contribution in [0, 0.1) is 0 Å². The number of carbonyl (C=O) groups is 1. The molecule has 0 aromatic heterocycles. The van der Waals surface area contributed by atoms with Gasteiger partial charge in [0, 0.05) is 30.0 Å². The average molecular weight is 349 g/mol. The van der Waals surface area contributed by atoms with Gasteiger partial charge < -0.3 is 19.7 Å². The third-order valence-corrected chi connectivity index (χ3v) is 3.89. The molecular weight excluding hydrogens is 328 g/mol. The lowest BCUT2D eigenvalue weighted by Crippen LogP contribution is -2.21. The van der Waals surface area contributed by atoms with Gasteiger partial charge in [0.15, 0.2) is 11.5 Å². The summed E-state index contributed by atoms with van der Waals surface area (Å²) in [4.78, 5) is 14.6. The Bertz CT molecular complexity index is 700. The second-order valence-electron chi connectivity index (χ2n) is 5.24. The molecule has 2 aromatic rings. The summed E-state index contributed by atoms with van der Waals surface area (Å²) in [6.07, 6.45) is 0. The van der Waals surface area contributed by atoms with Crippen LogP contribution in [0.1, 0.15) is 24.2 Å². The highest BCUT2D eigenvalue weighted by Gasteiger charge is 2.16. The van der Waals surface area contributed by atoms with Gasteiger partial charge in [0.05, 0.1) is 0 Å². The number of hydrogen-bond donors (Lipinski definition) is 1. The maximum absolute atomic E-state index is 12.3. The Labute approximate surface area is 148 Å². The molecule has 6 heteroatoms. The van der Waals surface area contributed by atoms with E-state index in [9.17, 15) is 4.79 Å². The summed E-state index contributed by atoms with van der Waals surface area (Å²) in [6.45, 7) is 6.36. The Balaban J connectivity index is 0.00000208. The molecule has 0 unspecified atom stereocenters. The van der Waals surface area contributed by atoms with Gasteiger partial charge in [-0.15, -0.1) is 12.4 Å². The number of nitrogens with zero attached hydrogens (tertiary/aromatic N) is 1. The third-order valence-electron chi connectivity index (χ3n) is 3.89. The summed E-state index contributed by atoms with van der Waals surface area (Å²) >= 11 is 0. The van der Waals surface area contributed by atoms with E-state index >= 15 is 0 Å². The van der Waals surface area contributed by atoms with Crippen LogP contribution >= 0.6 is 12.4 Å². The van der Waals surface area contributed by atoms with E-state index in [0.717, 1.165) is 24.5 Å². The van der Waals surface area contributed by atoms with Crippen LogP contribution in [0.4, 0.5) is 11.4 Å². The molecule has 0 radical (unpaired) electrons. The van der Waals surface area contributed by atoms with Crippen molar-refractivity contribution in [1.82, 2.24) is 0 Å². The number of hydrogen-bond acceptors (Lipinski definition) is 4. The fraction of sp³-hybridized carbons (Fsp3) is 0.278. The lowest BCUT2D eigenvalue weighted by molar-refractivity contribution is 0.102. The standard InChI is InChI=1S/C18H20N2O3.ClH/c1-3-20(4-2)15-8-6-14(7-9-15)19-18(21)13-5-10-16-17(11-13)23-12-22-16;/h5-11H,3-4,12H2,1-2H3,(H,19,21);1H. The first-order valence-corrected chi connectivity index (χ1v) is 7.77. The molecule has 0 saturated carbocycles. The van der Waals surface area contributed by atoms with Gasteiger partial charge in [0.1, 0.15) is 0 Å². The van der Waals surface area contributed by atoms with Crippen molar-refractivity contribution in [3.05, 3.63) is 48.0 Å². The fourth-order valence-corrected chi connectivity index (χ4v) is 2.59. The average Bonchev–Trinajstić information content (AvgIpc) is 3.05. The van der Waals surface area contributed by atoms with Crippen molar-refractivity contribution in [2.45, 2.75) is 13.8 Å². The summed E-state index contributed by atoms with van der Waals surface area (Å²) in [5.74, 6) is 1.11. The Morgan fingerprint density at radius 1 is 1.04 bits per heavy atom. The van der Waals surface area contributed by atoms with Crippen LogP contribution in [0.2, 0.25) is 0 Å². The highest BCUT2D eigenvalue weighted by atomic mass is 35.5. The normalized spacial score (nSPS) is 11.6. The topological polar surface area (TPSA) is 50.8 Å². The van der Waals surface area contributed by atoms with Gasteiger partial charge in [0.25, 0.3) is 5.91 Å². The number of fused-ring (bicyclic) bond motifs is 1. The van der Waals surface area contributed by atoms with Gasteiger partial charge in [-0.3, -0.25) is 4.79 Å². The van der Waals surface area contributed by atoms with Gasteiger partial charge in [-0.1, -0.05) is 0 Å². The van der Waals surface area contributed by atoms with Crippen LogP contribution < -0.4 is 19.7 Å². The van der Waals surface area contributed by atoms with Crippen molar-refractivity contribution in [2.24, 2.45) is 0 Å². The first kappa shape index (κ1) is 17.9. The summed E-state index contributed by atoms with van der Waals surface area (Å²) in [7, 11) is 0. The number of carbonyl (C=O) groups excluding carboxylic acids is 1. The smallest absolute Gasteiger partial charge is 0.255 e. The first-order chi connectivity index (χ1) is 11.2. The Morgan fingerprint density at radius 2 is 1.71 bits per heavy atom. The molecule has 0 saturated heterocycles. The number of rotatable bonds is 5. The number of nitrogens with one attached hydrogen (secondary N) is 1. The van der Waals surface area contributed by atoms with E-state index in [-0.39, 0.29) is 25.1 Å². The lowest BCUT2D eigenvalue weighted by Gasteiger charge is -2.21. The molecule has 1 amide bonds. The molecule has 3 rings (SSSR count). The van der Waals surface area contributed by atoms with Crippen LogP contribution in [0.5, 0.6) is 11.5 Å². The highest BCUT2D eigenvalue weighted by Crippen LogP contribution is 2.32. The van der Waals surface area contributed by atoms with E-state index < -0.39 is 0 Å². The molecule has 24 heavy (non-hydrogen) atoms. The Kier molecular flexibility index (Phi) is 5.93. The molecule has 0 bridgehead atoms. The van der Waals surface area contributed by atoms with E-state index in [0.29, 0.717) is 17.1 Å². The SMILES string of the molecule is CCN(CC)c1ccc(NC(=O)c2ccc3c(c2)OCO3)cc1.Cl. The van der Waals surface area contributed by atoms with Crippen molar-refractivity contribution in [3.63, 3.8) is 0 Å². The summed E-state index contributed by atoms with van der Waals surface area (Å²) in [6, 6.07) is 13.0. The minimum absolute atomic E-state index is 0. The number of ether oxygens (including phenoxy) is 2. The Morgan fingerprint density at radius 3 is 2.38 bits per heavy atom. The number of anilines is 2. The molecule has 1 aliphatic heterocycles. The second-order valence-corrected chi connectivity index (χ2v) is 5.24. The minimum Gasteiger partial charge on any atom is -0.454 e. The van der Waals surface area contributed by atoms with Crippen LogP contribution in [0.15, 0.2) is 42.5 Å². The van der Waals surface area contributed by atoms with Crippen LogP contribution in [0.3, 0.4) is 0 Å². The summed E-state index contributed by atoms with van der Waals surface area (Å²) < 4.78 is 10.5. The molecular formula is C18H21ClN2O3. The van der Waals surface area contributed by atoms with E-state index in [4.69, 9.17) is 9.47 Å². The molecule has 2 aromatic carbocycles. The van der Waals surface area contributed by atoms with Crippen molar-refractivity contribution >= 4 is 29.7 Å². The second kappa shape index (κ2) is 7.93. The molecule has 0 fully saturated rings. The fourth-order valence-electron chi connectivity index (χ4n) is 2.59. The molecule has 1 N–H and O–H groups in total. The lowest BCUT2D eigenvalue weighted by atomic mass is 10.2. The van der Waals surface area contributed by atoms with Crippen LogP contribution in [-0.4, -0.2) is 25.8 Å². The third kappa shape index (κ3) is 3.74. The summed E-state index contributed by atoms with van der Waals surface area (Å²) in [5.41, 5.74) is 2.46. The maximum atomic E-state index is 12.3. The van der Waals surface area contributed by atoms with Gasteiger partial charge in [0.2, 0.25) is 6.79 Å². The van der Waals surface area contributed by atoms with E-state index in [2.05, 4.69) is 24.1 Å². The van der Waals surface area contributed by atoms with Crippen molar-refractivity contribution in [3.8, 4) is 11.5 Å². The number of benzene rings is 2. The maximum Gasteiger partial charge on any atom is 0.255 e. The van der Waals surface area contributed by atoms with Gasteiger partial charge >= 0.3 is 0 Å². The minimum atomic E-state index is -0.168. The monoisotopic (exact) mass is 348 g/mol. The molecule has 0 spiro atoms. The van der Waals surface area contributed by atoms with E-state index in [1.165, 1.54) is 0 Å². The zero-order valence-corrected chi connectivity index (χ0v) is 14.6. The van der Waals surface area contributed by atoms with Crippen molar-refractivity contribution < 1.29 is 14.3 Å². The predicted octanol–water partition coefficient (Wildman–Crippen LogP) is 3.94. The zero-order chi connectivity index (χ0) is 16.2. The first-order valence-electron chi connectivity index (χ1n) is 7.77. The zero-order valence-electron chi connectivity index (χ0n) is 13.7. The largest absolute Gasteiger partial charge is 0.454 e. The Hall–Kier alpha value is -2.40. The molecule has 128 valence electrons.